The SMILES string of the molecule is CCC(=O)N1CCCC(C(=O)N2CCCN(Cc3ccccc3C)CC2)C1. The van der Waals surface area contributed by atoms with Gasteiger partial charge >= 0.3 is 0 Å². The molecular formula is C22H33N3O2. The molecular weight excluding hydrogens is 338 g/mol. The van der Waals surface area contributed by atoms with Crippen LogP contribution in [0.4, 0.5) is 0 Å². The maximum atomic E-state index is 13.1. The zero-order chi connectivity index (χ0) is 19.2. The number of amides is 2. The minimum Gasteiger partial charge on any atom is -0.342 e. The Kier molecular flexibility index (Phi) is 6.89. The molecule has 5 nitrogen and oxygen atoms in total. The average molecular weight is 372 g/mol. The van der Waals surface area contributed by atoms with Gasteiger partial charge in [-0.3, -0.25) is 14.5 Å². The highest BCUT2D eigenvalue weighted by atomic mass is 16.2. The molecule has 0 N–H and O–H groups in total. The summed E-state index contributed by atoms with van der Waals surface area (Å²) < 4.78 is 0. The lowest BCUT2D eigenvalue weighted by atomic mass is 9.96. The van der Waals surface area contributed by atoms with Gasteiger partial charge in [0.1, 0.15) is 0 Å². The fraction of sp³-hybridized carbons (Fsp3) is 0.636. The Morgan fingerprint density at radius 3 is 2.56 bits per heavy atom. The first kappa shape index (κ1) is 19.9. The highest BCUT2D eigenvalue weighted by Gasteiger charge is 2.31. The smallest absolute Gasteiger partial charge is 0.227 e. The van der Waals surface area contributed by atoms with E-state index in [0.717, 1.165) is 58.5 Å². The summed E-state index contributed by atoms with van der Waals surface area (Å²) in [6.45, 7) is 10.0. The third-order valence-electron chi connectivity index (χ3n) is 5.98. The zero-order valence-corrected chi connectivity index (χ0v) is 16.8. The first-order valence-electron chi connectivity index (χ1n) is 10.4. The Bertz CT molecular complexity index is 661. The van der Waals surface area contributed by atoms with E-state index in [1.165, 1.54) is 11.1 Å². The summed E-state index contributed by atoms with van der Waals surface area (Å²) in [6, 6.07) is 8.54. The van der Waals surface area contributed by atoms with Gasteiger partial charge in [0.15, 0.2) is 0 Å². The van der Waals surface area contributed by atoms with E-state index in [2.05, 4.69) is 36.1 Å². The molecule has 2 saturated heterocycles. The van der Waals surface area contributed by atoms with E-state index in [-0.39, 0.29) is 17.7 Å². The number of carbonyl (C=O) groups is 2. The number of hydrogen-bond acceptors (Lipinski definition) is 3. The summed E-state index contributed by atoms with van der Waals surface area (Å²) in [5, 5.41) is 0. The molecule has 1 unspecified atom stereocenters. The quantitative estimate of drug-likeness (QED) is 0.817. The van der Waals surface area contributed by atoms with E-state index in [4.69, 9.17) is 0 Å². The Morgan fingerprint density at radius 1 is 1.00 bits per heavy atom. The average Bonchev–Trinajstić information content (AvgIpc) is 2.94. The Hall–Kier alpha value is -1.88. The van der Waals surface area contributed by atoms with Crippen LogP contribution < -0.4 is 0 Å². The van der Waals surface area contributed by atoms with Gasteiger partial charge in [0.25, 0.3) is 0 Å². The van der Waals surface area contributed by atoms with Gasteiger partial charge in [-0.2, -0.15) is 0 Å². The lowest BCUT2D eigenvalue weighted by Gasteiger charge is -2.34. The second-order valence-electron chi connectivity index (χ2n) is 7.91. The summed E-state index contributed by atoms with van der Waals surface area (Å²) in [6.07, 6.45) is 3.39. The molecule has 148 valence electrons. The van der Waals surface area contributed by atoms with Gasteiger partial charge in [0, 0.05) is 52.2 Å². The highest BCUT2D eigenvalue weighted by Crippen LogP contribution is 2.21. The van der Waals surface area contributed by atoms with Gasteiger partial charge in [0.05, 0.1) is 5.92 Å². The van der Waals surface area contributed by atoms with Crippen molar-refractivity contribution < 1.29 is 9.59 Å². The summed E-state index contributed by atoms with van der Waals surface area (Å²) in [5.74, 6) is 0.409. The van der Waals surface area contributed by atoms with Crippen molar-refractivity contribution in [1.29, 1.82) is 0 Å². The molecule has 2 amide bonds. The van der Waals surface area contributed by atoms with Crippen molar-refractivity contribution in [2.24, 2.45) is 5.92 Å². The molecule has 2 heterocycles. The third-order valence-corrected chi connectivity index (χ3v) is 5.98. The zero-order valence-electron chi connectivity index (χ0n) is 16.8. The summed E-state index contributed by atoms with van der Waals surface area (Å²) in [5.41, 5.74) is 2.70. The molecule has 1 aromatic rings. The molecule has 27 heavy (non-hydrogen) atoms. The van der Waals surface area contributed by atoms with Crippen LogP contribution in [0, 0.1) is 12.8 Å². The number of hydrogen-bond donors (Lipinski definition) is 0. The van der Waals surface area contributed by atoms with Gasteiger partial charge in [-0.25, -0.2) is 0 Å². The van der Waals surface area contributed by atoms with Crippen molar-refractivity contribution >= 4 is 11.8 Å². The van der Waals surface area contributed by atoms with Crippen LogP contribution in [-0.4, -0.2) is 65.8 Å². The lowest BCUT2D eigenvalue weighted by Crippen LogP contribution is -2.47. The number of aryl methyl sites for hydroxylation is 1. The molecule has 0 radical (unpaired) electrons. The molecule has 2 aliphatic rings. The maximum absolute atomic E-state index is 13.1. The minimum absolute atomic E-state index is 0.0165. The second kappa shape index (κ2) is 9.36. The first-order chi connectivity index (χ1) is 13.1. The standard InChI is InChI=1S/C22H33N3O2/c1-3-21(26)25-12-6-10-20(17-25)22(27)24-13-7-11-23(14-15-24)16-19-9-5-4-8-18(19)2/h4-5,8-9,20H,3,6-7,10-17H2,1-2H3. The van der Waals surface area contributed by atoms with Crippen LogP contribution in [0.2, 0.25) is 0 Å². The van der Waals surface area contributed by atoms with Gasteiger partial charge < -0.3 is 9.80 Å². The second-order valence-corrected chi connectivity index (χ2v) is 7.91. The van der Waals surface area contributed by atoms with Crippen molar-refractivity contribution in [2.45, 2.75) is 46.1 Å². The molecule has 0 spiro atoms. The lowest BCUT2D eigenvalue weighted by molar-refractivity contribution is -0.140. The van der Waals surface area contributed by atoms with Crippen molar-refractivity contribution in [3.05, 3.63) is 35.4 Å². The van der Waals surface area contributed by atoms with Gasteiger partial charge in [-0.05, 0) is 37.3 Å². The molecule has 0 aliphatic carbocycles. The van der Waals surface area contributed by atoms with Crippen LogP contribution >= 0.6 is 0 Å². The van der Waals surface area contributed by atoms with Crippen molar-refractivity contribution in [3.63, 3.8) is 0 Å². The molecule has 0 aromatic heterocycles. The highest BCUT2D eigenvalue weighted by molar-refractivity contribution is 5.81. The van der Waals surface area contributed by atoms with Crippen molar-refractivity contribution in [1.82, 2.24) is 14.7 Å². The predicted octanol–water partition coefficient (Wildman–Crippen LogP) is 2.68. The number of nitrogens with zero attached hydrogens (tertiary/aromatic N) is 3. The number of benzene rings is 1. The maximum Gasteiger partial charge on any atom is 0.227 e. The van der Waals surface area contributed by atoms with Crippen LogP contribution in [-0.2, 0) is 16.1 Å². The van der Waals surface area contributed by atoms with E-state index in [1.807, 2.05) is 16.7 Å². The fourth-order valence-corrected chi connectivity index (χ4v) is 4.26. The molecule has 0 bridgehead atoms. The van der Waals surface area contributed by atoms with Gasteiger partial charge in [-0.1, -0.05) is 31.2 Å². The number of piperidine rings is 1. The van der Waals surface area contributed by atoms with Gasteiger partial charge in [0.2, 0.25) is 11.8 Å². The molecule has 0 saturated carbocycles. The van der Waals surface area contributed by atoms with Gasteiger partial charge in [-0.15, -0.1) is 0 Å². The third kappa shape index (κ3) is 5.10. The van der Waals surface area contributed by atoms with E-state index in [0.29, 0.717) is 13.0 Å². The molecule has 1 aromatic carbocycles. The number of carbonyl (C=O) groups excluding carboxylic acids is 2. The molecule has 2 aliphatic heterocycles. The molecule has 5 heteroatoms. The molecule has 2 fully saturated rings. The Labute approximate surface area is 163 Å². The number of rotatable bonds is 4. The summed E-state index contributed by atoms with van der Waals surface area (Å²) >= 11 is 0. The Morgan fingerprint density at radius 2 is 1.78 bits per heavy atom. The number of likely N-dealkylation sites (tertiary alicyclic amines) is 1. The van der Waals surface area contributed by atoms with Crippen LogP contribution in [0.3, 0.4) is 0 Å². The predicted molar refractivity (Wildman–Crippen MR) is 107 cm³/mol. The van der Waals surface area contributed by atoms with E-state index in [9.17, 15) is 9.59 Å². The van der Waals surface area contributed by atoms with Crippen molar-refractivity contribution in [2.75, 3.05) is 39.3 Å². The summed E-state index contributed by atoms with van der Waals surface area (Å²) in [4.78, 5) is 31.4. The van der Waals surface area contributed by atoms with Crippen molar-refractivity contribution in [3.8, 4) is 0 Å². The largest absolute Gasteiger partial charge is 0.342 e. The van der Waals surface area contributed by atoms with Crippen LogP contribution in [0.5, 0.6) is 0 Å². The topological polar surface area (TPSA) is 43.9 Å². The molecule has 1 atom stereocenters. The monoisotopic (exact) mass is 371 g/mol. The van der Waals surface area contributed by atoms with Crippen LogP contribution in [0.25, 0.3) is 0 Å². The first-order valence-corrected chi connectivity index (χ1v) is 10.4. The van der Waals surface area contributed by atoms with E-state index in [1.54, 1.807) is 0 Å². The Balaban J connectivity index is 1.55. The fourth-order valence-electron chi connectivity index (χ4n) is 4.26. The minimum atomic E-state index is -0.0165. The van der Waals surface area contributed by atoms with E-state index >= 15 is 0 Å². The van der Waals surface area contributed by atoms with Crippen LogP contribution in [0.1, 0.15) is 43.7 Å². The summed E-state index contributed by atoms with van der Waals surface area (Å²) in [7, 11) is 0. The van der Waals surface area contributed by atoms with E-state index < -0.39 is 0 Å². The van der Waals surface area contributed by atoms with Crippen LogP contribution in [0.15, 0.2) is 24.3 Å². The molecule has 3 rings (SSSR count). The normalized spacial score (nSPS) is 21.8.